The number of hydrogen-bond donors (Lipinski definition) is 1. The summed E-state index contributed by atoms with van der Waals surface area (Å²) in [6.07, 6.45) is 5.54. The number of anilines is 1. The SMILES string of the molecule is CCOc1ccccc1NC(=O)Cn1cnc(S(=O)(=O)N2CCCCC2)c1. The molecular weight excluding hydrogens is 368 g/mol. The molecule has 0 saturated carbocycles. The van der Waals surface area contributed by atoms with Crippen molar-refractivity contribution >= 4 is 21.6 Å². The van der Waals surface area contributed by atoms with E-state index in [2.05, 4.69) is 10.3 Å². The van der Waals surface area contributed by atoms with E-state index in [-0.39, 0.29) is 17.5 Å². The smallest absolute Gasteiger partial charge is 0.262 e. The number of para-hydroxylation sites is 2. The molecule has 27 heavy (non-hydrogen) atoms. The maximum Gasteiger partial charge on any atom is 0.262 e. The molecule has 1 aromatic carbocycles. The van der Waals surface area contributed by atoms with Crippen LogP contribution in [0.4, 0.5) is 5.69 Å². The van der Waals surface area contributed by atoms with Crippen LogP contribution in [0.1, 0.15) is 26.2 Å². The Morgan fingerprint density at radius 2 is 1.96 bits per heavy atom. The van der Waals surface area contributed by atoms with Crippen molar-refractivity contribution in [2.24, 2.45) is 0 Å². The number of nitrogens with one attached hydrogen (secondary N) is 1. The molecule has 0 spiro atoms. The fourth-order valence-electron chi connectivity index (χ4n) is 3.00. The standard InChI is InChI=1S/C18H24N4O4S/c1-2-26-16-9-5-4-8-15(16)20-17(23)12-21-13-18(19-14-21)27(24,25)22-10-6-3-7-11-22/h4-5,8-9,13-14H,2-3,6-7,10-12H2,1H3,(H,20,23). The Morgan fingerprint density at radius 1 is 1.22 bits per heavy atom. The highest BCUT2D eigenvalue weighted by atomic mass is 32.2. The van der Waals surface area contributed by atoms with Gasteiger partial charge in [0, 0.05) is 19.3 Å². The molecule has 3 rings (SSSR count). The summed E-state index contributed by atoms with van der Waals surface area (Å²) in [6, 6.07) is 7.16. The van der Waals surface area contributed by atoms with Gasteiger partial charge >= 0.3 is 0 Å². The van der Waals surface area contributed by atoms with Gasteiger partial charge in [-0.15, -0.1) is 0 Å². The van der Waals surface area contributed by atoms with Crippen LogP contribution in [0, 0.1) is 0 Å². The van der Waals surface area contributed by atoms with Crippen molar-refractivity contribution in [3.63, 3.8) is 0 Å². The van der Waals surface area contributed by atoms with E-state index in [1.54, 1.807) is 18.2 Å². The number of imidazole rings is 1. The molecule has 2 heterocycles. The van der Waals surface area contributed by atoms with E-state index in [1.807, 2.05) is 13.0 Å². The molecular formula is C18H24N4O4S. The van der Waals surface area contributed by atoms with Crippen LogP contribution in [0.2, 0.25) is 0 Å². The maximum absolute atomic E-state index is 12.6. The summed E-state index contributed by atoms with van der Waals surface area (Å²) in [5, 5.41) is 2.76. The van der Waals surface area contributed by atoms with E-state index in [0.717, 1.165) is 19.3 Å². The Labute approximate surface area is 159 Å². The van der Waals surface area contributed by atoms with Crippen LogP contribution >= 0.6 is 0 Å². The first kappa shape index (κ1) is 19.4. The molecule has 1 N–H and O–H groups in total. The van der Waals surface area contributed by atoms with E-state index >= 15 is 0 Å². The van der Waals surface area contributed by atoms with Gasteiger partial charge in [0.25, 0.3) is 10.0 Å². The third-order valence-electron chi connectivity index (χ3n) is 4.32. The fourth-order valence-corrected chi connectivity index (χ4v) is 4.46. The Hall–Kier alpha value is -2.39. The van der Waals surface area contributed by atoms with Gasteiger partial charge in [-0.2, -0.15) is 4.31 Å². The molecule has 0 aliphatic carbocycles. The molecule has 9 heteroatoms. The predicted octanol–water partition coefficient (Wildman–Crippen LogP) is 2.10. The van der Waals surface area contributed by atoms with Crippen molar-refractivity contribution in [1.82, 2.24) is 13.9 Å². The van der Waals surface area contributed by atoms with Crippen molar-refractivity contribution in [2.45, 2.75) is 37.8 Å². The van der Waals surface area contributed by atoms with Gasteiger partial charge in [-0.05, 0) is 31.9 Å². The summed E-state index contributed by atoms with van der Waals surface area (Å²) >= 11 is 0. The number of carbonyl (C=O) groups is 1. The normalized spacial score (nSPS) is 15.4. The van der Waals surface area contributed by atoms with Crippen LogP contribution in [-0.4, -0.2) is 47.9 Å². The van der Waals surface area contributed by atoms with Gasteiger partial charge in [-0.3, -0.25) is 4.79 Å². The molecule has 1 amide bonds. The third-order valence-corrected chi connectivity index (χ3v) is 6.10. The zero-order valence-corrected chi connectivity index (χ0v) is 16.1. The van der Waals surface area contributed by atoms with Gasteiger partial charge < -0.3 is 14.6 Å². The minimum Gasteiger partial charge on any atom is -0.492 e. The minimum absolute atomic E-state index is 0.0214. The molecule has 1 aliphatic heterocycles. The lowest BCUT2D eigenvalue weighted by atomic mass is 10.2. The van der Waals surface area contributed by atoms with Gasteiger partial charge in [0.2, 0.25) is 5.91 Å². The Bertz CT molecular complexity index is 888. The number of hydrogen-bond acceptors (Lipinski definition) is 5. The lowest BCUT2D eigenvalue weighted by Crippen LogP contribution is -2.35. The van der Waals surface area contributed by atoms with Crippen molar-refractivity contribution in [3.8, 4) is 5.75 Å². The predicted molar refractivity (Wildman–Crippen MR) is 101 cm³/mol. The maximum atomic E-state index is 12.6. The number of rotatable bonds is 7. The highest BCUT2D eigenvalue weighted by Crippen LogP contribution is 2.24. The van der Waals surface area contributed by atoms with Gasteiger partial charge in [-0.1, -0.05) is 18.6 Å². The van der Waals surface area contributed by atoms with Crippen LogP contribution in [0.5, 0.6) is 5.75 Å². The summed E-state index contributed by atoms with van der Waals surface area (Å²) in [7, 11) is -3.60. The van der Waals surface area contributed by atoms with Crippen LogP contribution < -0.4 is 10.1 Å². The van der Waals surface area contributed by atoms with Crippen molar-refractivity contribution in [3.05, 3.63) is 36.8 Å². The second-order valence-corrected chi connectivity index (χ2v) is 8.21. The number of piperidine rings is 1. The lowest BCUT2D eigenvalue weighted by molar-refractivity contribution is -0.116. The summed E-state index contributed by atoms with van der Waals surface area (Å²) in [5.41, 5.74) is 0.575. The number of nitrogens with zero attached hydrogens (tertiary/aromatic N) is 3. The molecule has 0 atom stereocenters. The topological polar surface area (TPSA) is 93.5 Å². The van der Waals surface area contributed by atoms with Crippen LogP contribution in [-0.2, 0) is 21.4 Å². The summed E-state index contributed by atoms with van der Waals surface area (Å²) in [5.74, 6) is 0.300. The second kappa shape index (κ2) is 8.53. The number of benzene rings is 1. The first-order chi connectivity index (χ1) is 13.0. The molecule has 0 radical (unpaired) electrons. The Morgan fingerprint density at radius 3 is 2.70 bits per heavy atom. The van der Waals surface area contributed by atoms with Gasteiger partial charge in [0.1, 0.15) is 12.3 Å². The monoisotopic (exact) mass is 392 g/mol. The molecule has 1 aliphatic rings. The number of aromatic nitrogens is 2. The molecule has 0 bridgehead atoms. The summed E-state index contributed by atoms with van der Waals surface area (Å²) in [4.78, 5) is 16.3. The lowest BCUT2D eigenvalue weighted by Gasteiger charge is -2.24. The second-order valence-electron chi connectivity index (χ2n) is 6.33. The first-order valence-electron chi connectivity index (χ1n) is 9.04. The molecule has 146 valence electrons. The number of sulfonamides is 1. The average molecular weight is 392 g/mol. The first-order valence-corrected chi connectivity index (χ1v) is 10.5. The van der Waals surface area contributed by atoms with E-state index in [0.29, 0.717) is 31.1 Å². The number of ether oxygens (including phenoxy) is 1. The van der Waals surface area contributed by atoms with Crippen LogP contribution in [0.25, 0.3) is 0 Å². The van der Waals surface area contributed by atoms with Gasteiger partial charge in [0.15, 0.2) is 5.03 Å². The summed E-state index contributed by atoms with van der Waals surface area (Å²) < 4.78 is 33.7. The Kier molecular flexibility index (Phi) is 6.12. The molecule has 0 unspecified atom stereocenters. The van der Waals surface area contributed by atoms with Crippen molar-refractivity contribution in [1.29, 1.82) is 0 Å². The van der Waals surface area contributed by atoms with Gasteiger partial charge in [-0.25, -0.2) is 13.4 Å². The largest absolute Gasteiger partial charge is 0.492 e. The molecule has 8 nitrogen and oxygen atoms in total. The van der Waals surface area contributed by atoms with Crippen molar-refractivity contribution < 1.29 is 17.9 Å². The molecule has 1 saturated heterocycles. The quantitative estimate of drug-likeness (QED) is 0.779. The highest BCUT2D eigenvalue weighted by Gasteiger charge is 2.28. The zero-order valence-electron chi connectivity index (χ0n) is 15.3. The van der Waals surface area contributed by atoms with Crippen molar-refractivity contribution in [2.75, 3.05) is 25.0 Å². The van der Waals surface area contributed by atoms with Crippen LogP contribution in [0.15, 0.2) is 41.8 Å². The zero-order chi connectivity index (χ0) is 19.3. The Balaban J connectivity index is 1.66. The number of carbonyl (C=O) groups excluding carboxylic acids is 1. The summed E-state index contributed by atoms with van der Waals surface area (Å²) in [6.45, 7) is 3.36. The molecule has 1 fully saturated rings. The van der Waals surface area contributed by atoms with E-state index in [4.69, 9.17) is 4.74 Å². The highest BCUT2D eigenvalue weighted by molar-refractivity contribution is 7.89. The van der Waals surface area contributed by atoms with E-state index < -0.39 is 10.0 Å². The van der Waals surface area contributed by atoms with E-state index in [1.165, 1.54) is 21.4 Å². The minimum atomic E-state index is -3.60. The third kappa shape index (κ3) is 4.67. The molecule has 1 aromatic heterocycles. The number of amides is 1. The fraction of sp³-hybridized carbons (Fsp3) is 0.444. The van der Waals surface area contributed by atoms with Crippen LogP contribution in [0.3, 0.4) is 0 Å². The van der Waals surface area contributed by atoms with E-state index in [9.17, 15) is 13.2 Å². The average Bonchev–Trinajstić information content (AvgIpc) is 3.13. The molecule has 2 aromatic rings. The van der Waals surface area contributed by atoms with Gasteiger partial charge in [0.05, 0.1) is 18.6 Å².